The predicted octanol–water partition coefficient (Wildman–Crippen LogP) is 1.58. The first-order valence-electron chi connectivity index (χ1n) is 6.98. The second kappa shape index (κ2) is 6.12. The fourth-order valence-corrected chi connectivity index (χ4v) is 2.62. The Kier molecular flexibility index (Phi) is 4.19. The molecule has 7 heteroatoms. The SMILES string of the molecule is OCc1cc(C2CN(CC(O)c3ccc(F)cc3F)C2)no1. The second-order valence-corrected chi connectivity index (χ2v) is 5.47. The molecule has 2 heterocycles. The summed E-state index contributed by atoms with van der Waals surface area (Å²) >= 11 is 0. The molecule has 2 aromatic rings. The lowest BCUT2D eigenvalue weighted by molar-refractivity contribution is 0.0608. The van der Waals surface area contributed by atoms with Crippen LogP contribution >= 0.6 is 0 Å². The summed E-state index contributed by atoms with van der Waals surface area (Å²) in [6, 6.07) is 4.87. The number of likely N-dealkylation sites (tertiary alicyclic amines) is 1. The van der Waals surface area contributed by atoms with Crippen molar-refractivity contribution in [2.45, 2.75) is 18.6 Å². The van der Waals surface area contributed by atoms with Crippen molar-refractivity contribution < 1.29 is 23.5 Å². The van der Waals surface area contributed by atoms with Crippen molar-refractivity contribution in [2.75, 3.05) is 19.6 Å². The zero-order chi connectivity index (χ0) is 15.7. The standard InChI is InChI=1S/C15H16F2N2O3/c16-10-1-2-12(13(17)3-10)15(21)7-19-5-9(6-19)14-4-11(8-20)22-18-14/h1-4,9,15,20-21H,5-8H2. The van der Waals surface area contributed by atoms with Gasteiger partial charge in [-0.3, -0.25) is 4.90 Å². The van der Waals surface area contributed by atoms with E-state index >= 15 is 0 Å². The number of benzene rings is 1. The third kappa shape index (κ3) is 3.01. The summed E-state index contributed by atoms with van der Waals surface area (Å²) in [6.45, 7) is 1.41. The minimum Gasteiger partial charge on any atom is -0.388 e. The van der Waals surface area contributed by atoms with Gasteiger partial charge in [0.2, 0.25) is 0 Å². The lowest BCUT2D eigenvalue weighted by atomic mass is 9.95. The molecule has 0 radical (unpaired) electrons. The van der Waals surface area contributed by atoms with Gasteiger partial charge in [0.25, 0.3) is 0 Å². The first kappa shape index (κ1) is 15.1. The molecule has 2 N–H and O–H groups in total. The summed E-state index contributed by atoms with van der Waals surface area (Å²) in [5.41, 5.74) is 0.858. The molecule has 0 amide bonds. The monoisotopic (exact) mass is 310 g/mol. The quantitative estimate of drug-likeness (QED) is 0.877. The predicted molar refractivity (Wildman–Crippen MR) is 72.9 cm³/mol. The van der Waals surface area contributed by atoms with E-state index in [0.717, 1.165) is 17.8 Å². The topological polar surface area (TPSA) is 69.7 Å². The molecular weight excluding hydrogens is 294 g/mol. The number of halogens is 2. The average molecular weight is 310 g/mol. The van der Waals surface area contributed by atoms with Crippen molar-refractivity contribution >= 4 is 0 Å². The highest BCUT2D eigenvalue weighted by atomic mass is 19.1. The molecule has 0 bridgehead atoms. The summed E-state index contributed by atoms with van der Waals surface area (Å²) in [5.74, 6) is -0.812. The zero-order valence-electron chi connectivity index (χ0n) is 11.7. The number of aliphatic hydroxyl groups excluding tert-OH is 2. The maximum absolute atomic E-state index is 13.6. The fraction of sp³-hybridized carbons (Fsp3) is 0.400. The highest BCUT2D eigenvalue weighted by Gasteiger charge is 2.32. The smallest absolute Gasteiger partial charge is 0.162 e. The Bertz CT molecular complexity index is 656. The van der Waals surface area contributed by atoms with Gasteiger partial charge >= 0.3 is 0 Å². The highest BCUT2D eigenvalue weighted by molar-refractivity contribution is 5.22. The fourth-order valence-electron chi connectivity index (χ4n) is 2.62. The Morgan fingerprint density at radius 2 is 2.09 bits per heavy atom. The van der Waals surface area contributed by atoms with Crippen LogP contribution in [-0.2, 0) is 6.61 Å². The molecule has 0 aliphatic carbocycles. The van der Waals surface area contributed by atoms with Crippen LogP contribution in [0.1, 0.15) is 29.0 Å². The summed E-state index contributed by atoms with van der Waals surface area (Å²) in [5, 5.41) is 22.9. The largest absolute Gasteiger partial charge is 0.388 e. The first-order chi connectivity index (χ1) is 10.6. The van der Waals surface area contributed by atoms with E-state index in [1.54, 1.807) is 6.07 Å². The maximum atomic E-state index is 13.6. The molecule has 1 aromatic heterocycles. The molecule has 118 valence electrons. The molecule has 1 atom stereocenters. The number of aliphatic hydroxyl groups is 2. The number of rotatable bonds is 5. The van der Waals surface area contributed by atoms with Crippen LogP contribution in [0.15, 0.2) is 28.8 Å². The van der Waals surface area contributed by atoms with Gasteiger partial charge in [-0.25, -0.2) is 8.78 Å². The van der Waals surface area contributed by atoms with Crippen molar-refractivity contribution in [1.82, 2.24) is 10.1 Å². The van der Waals surface area contributed by atoms with Crippen LogP contribution in [0.3, 0.4) is 0 Å². The van der Waals surface area contributed by atoms with Crippen LogP contribution in [0.4, 0.5) is 8.78 Å². The Morgan fingerprint density at radius 1 is 1.32 bits per heavy atom. The summed E-state index contributed by atoms with van der Waals surface area (Å²) in [7, 11) is 0. The van der Waals surface area contributed by atoms with Crippen molar-refractivity contribution in [3.8, 4) is 0 Å². The van der Waals surface area contributed by atoms with Gasteiger partial charge in [0.05, 0.1) is 11.8 Å². The third-order valence-electron chi connectivity index (χ3n) is 3.86. The molecule has 1 aromatic carbocycles. The van der Waals surface area contributed by atoms with Crippen LogP contribution in [0.5, 0.6) is 0 Å². The van der Waals surface area contributed by atoms with E-state index in [9.17, 15) is 13.9 Å². The lowest BCUT2D eigenvalue weighted by Crippen LogP contribution is -2.46. The van der Waals surface area contributed by atoms with Crippen LogP contribution in [0.25, 0.3) is 0 Å². The van der Waals surface area contributed by atoms with Gasteiger partial charge in [-0.15, -0.1) is 0 Å². The molecule has 1 aliphatic rings. The molecule has 22 heavy (non-hydrogen) atoms. The second-order valence-electron chi connectivity index (χ2n) is 5.47. The number of hydrogen-bond donors (Lipinski definition) is 2. The molecule has 1 unspecified atom stereocenters. The van der Waals surface area contributed by atoms with E-state index in [-0.39, 0.29) is 24.6 Å². The van der Waals surface area contributed by atoms with E-state index in [1.807, 2.05) is 4.90 Å². The Morgan fingerprint density at radius 3 is 2.73 bits per heavy atom. The number of nitrogens with zero attached hydrogens (tertiary/aromatic N) is 2. The molecule has 1 aliphatic heterocycles. The van der Waals surface area contributed by atoms with Crippen molar-refractivity contribution in [3.63, 3.8) is 0 Å². The zero-order valence-corrected chi connectivity index (χ0v) is 11.7. The Labute approximate surface area is 125 Å². The van der Waals surface area contributed by atoms with Gasteiger partial charge in [0.15, 0.2) is 5.76 Å². The van der Waals surface area contributed by atoms with E-state index < -0.39 is 17.7 Å². The average Bonchev–Trinajstić information content (AvgIpc) is 2.90. The van der Waals surface area contributed by atoms with Crippen molar-refractivity contribution in [3.05, 3.63) is 52.9 Å². The lowest BCUT2D eigenvalue weighted by Gasteiger charge is -2.39. The first-order valence-corrected chi connectivity index (χ1v) is 6.98. The van der Waals surface area contributed by atoms with Gasteiger partial charge in [-0.05, 0) is 6.07 Å². The molecule has 1 saturated heterocycles. The third-order valence-corrected chi connectivity index (χ3v) is 3.86. The van der Waals surface area contributed by atoms with Gasteiger partial charge in [-0.2, -0.15) is 0 Å². The molecular formula is C15H16F2N2O3. The van der Waals surface area contributed by atoms with Crippen LogP contribution in [0, 0.1) is 11.6 Å². The summed E-state index contributed by atoms with van der Waals surface area (Å²) in [6.07, 6.45) is -1.01. The number of hydrogen-bond acceptors (Lipinski definition) is 5. The van der Waals surface area contributed by atoms with E-state index in [2.05, 4.69) is 5.16 Å². The normalized spacial score (nSPS) is 17.5. The number of β-amino-alcohol motifs (C(OH)–C–C–N with tert-alkyl or cyclic N) is 1. The van der Waals surface area contributed by atoms with E-state index in [1.165, 1.54) is 6.07 Å². The van der Waals surface area contributed by atoms with Gasteiger partial charge in [0.1, 0.15) is 18.2 Å². The maximum Gasteiger partial charge on any atom is 0.162 e. The molecule has 1 fully saturated rings. The minimum atomic E-state index is -1.01. The van der Waals surface area contributed by atoms with Crippen LogP contribution < -0.4 is 0 Å². The Balaban J connectivity index is 1.55. The Hall–Kier alpha value is -1.83. The van der Waals surface area contributed by atoms with Crippen LogP contribution in [0.2, 0.25) is 0 Å². The van der Waals surface area contributed by atoms with E-state index in [0.29, 0.717) is 18.8 Å². The minimum absolute atomic E-state index is 0.0915. The van der Waals surface area contributed by atoms with Gasteiger partial charge in [-0.1, -0.05) is 11.2 Å². The molecule has 3 rings (SSSR count). The molecule has 5 nitrogen and oxygen atoms in total. The van der Waals surface area contributed by atoms with E-state index in [4.69, 9.17) is 9.63 Å². The van der Waals surface area contributed by atoms with Gasteiger partial charge < -0.3 is 14.7 Å². The van der Waals surface area contributed by atoms with Crippen molar-refractivity contribution in [1.29, 1.82) is 0 Å². The van der Waals surface area contributed by atoms with Crippen molar-refractivity contribution in [2.24, 2.45) is 0 Å². The molecule has 0 spiro atoms. The summed E-state index contributed by atoms with van der Waals surface area (Å²) < 4.78 is 31.4. The van der Waals surface area contributed by atoms with Gasteiger partial charge in [0, 0.05) is 43.2 Å². The molecule has 0 saturated carbocycles. The summed E-state index contributed by atoms with van der Waals surface area (Å²) in [4.78, 5) is 1.95. The number of aromatic nitrogens is 1. The van der Waals surface area contributed by atoms with Crippen LogP contribution in [-0.4, -0.2) is 39.9 Å². The highest BCUT2D eigenvalue weighted by Crippen LogP contribution is 2.29.